The zero-order chi connectivity index (χ0) is 21.1. The van der Waals surface area contributed by atoms with Crippen LogP contribution in [0.2, 0.25) is 10.0 Å². The molecule has 0 bridgehead atoms. The first-order chi connectivity index (χ1) is 14.6. The van der Waals surface area contributed by atoms with Gasteiger partial charge in [-0.2, -0.15) is 9.67 Å². The molecule has 30 heavy (non-hydrogen) atoms. The van der Waals surface area contributed by atoms with E-state index >= 15 is 0 Å². The molecular formula is C20H17Cl2N3O5. The molecule has 1 aliphatic rings. The summed E-state index contributed by atoms with van der Waals surface area (Å²) in [5, 5.41) is 4.86. The van der Waals surface area contributed by atoms with Crippen molar-refractivity contribution in [2.24, 2.45) is 0 Å². The number of carbonyl (C=O) groups excluding carboxylic acids is 1. The average molecular weight is 450 g/mol. The molecule has 4 rings (SSSR count). The zero-order valence-electron chi connectivity index (χ0n) is 15.9. The van der Waals surface area contributed by atoms with Gasteiger partial charge in [-0.25, -0.2) is 0 Å². The van der Waals surface area contributed by atoms with E-state index in [1.54, 1.807) is 24.3 Å². The molecule has 1 aliphatic heterocycles. The number of carbonyl (C=O) groups is 1. The van der Waals surface area contributed by atoms with E-state index in [0.717, 1.165) is 4.68 Å². The van der Waals surface area contributed by atoms with Crippen molar-refractivity contribution in [3.05, 3.63) is 52.0 Å². The van der Waals surface area contributed by atoms with Gasteiger partial charge >= 0.3 is 6.01 Å². The Morgan fingerprint density at radius 2 is 1.97 bits per heavy atom. The van der Waals surface area contributed by atoms with Crippen LogP contribution < -0.4 is 14.2 Å². The summed E-state index contributed by atoms with van der Waals surface area (Å²) in [5.41, 5.74) is 0.832. The van der Waals surface area contributed by atoms with E-state index in [-0.39, 0.29) is 35.8 Å². The highest BCUT2D eigenvalue weighted by atomic mass is 35.5. The number of rotatable bonds is 7. The molecule has 10 heteroatoms. The lowest BCUT2D eigenvalue weighted by Crippen LogP contribution is -2.16. The maximum absolute atomic E-state index is 13.2. The van der Waals surface area contributed by atoms with Gasteiger partial charge in [0.1, 0.15) is 6.61 Å². The predicted octanol–water partition coefficient (Wildman–Crippen LogP) is 4.08. The maximum atomic E-state index is 13.2. The van der Waals surface area contributed by atoms with Gasteiger partial charge in [0.2, 0.25) is 6.79 Å². The highest BCUT2D eigenvalue weighted by Gasteiger charge is 2.24. The summed E-state index contributed by atoms with van der Waals surface area (Å²) >= 11 is 12.2. The third-order valence-corrected chi connectivity index (χ3v) is 4.78. The lowest BCUT2D eigenvalue weighted by molar-refractivity contribution is 0.0938. The molecule has 0 N–H and O–H groups in total. The second-order valence-electron chi connectivity index (χ2n) is 6.17. The van der Waals surface area contributed by atoms with Crippen LogP contribution in [0.1, 0.15) is 17.3 Å². The van der Waals surface area contributed by atoms with E-state index in [9.17, 15) is 4.79 Å². The second-order valence-corrected chi connectivity index (χ2v) is 7.02. The first kappa shape index (κ1) is 20.5. The van der Waals surface area contributed by atoms with Gasteiger partial charge in [-0.15, -0.1) is 5.10 Å². The average Bonchev–Trinajstić information content (AvgIpc) is 3.37. The first-order valence-electron chi connectivity index (χ1n) is 9.14. The molecular weight excluding hydrogens is 433 g/mol. The largest absolute Gasteiger partial charge is 0.460 e. The van der Waals surface area contributed by atoms with Gasteiger partial charge in [0, 0.05) is 17.2 Å². The van der Waals surface area contributed by atoms with Crippen molar-refractivity contribution in [1.29, 1.82) is 0 Å². The summed E-state index contributed by atoms with van der Waals surface area (Å²) < 4.78 is 22.7. The van der Waals surface area contributed by atoms with E-state index in [4.69, 9.17) is 42.1 Å². The SMILES string of the molecule is CCOCCOc1nc(-c2ccc3c(c2)OCO3)n(C(=O)c2ccc(Cl)cc2Cl)n1. The quantitative estimate of drug-likeness (QED) is 0.502. The van der Waals surface area contributed by atoms with Crippen molar-refractivity contribution in [3.8, 4) is 28.9 Å². The van der Waals surface area contributed by atoms with Crippen LogP contribution in [0.5, 0.6) is 17.5 Å². The Hall–Kier alpha value is -2.81. The third-order valence-electron chi connectivity index (χ3n) is 4.24. The Bertz CT molecular complexity index is 1090. The molecule has 156 valence electrons. The van der Waals surface area contributed by atoms with E-state index in [1.165, 1.54) is 12.1 Å². The molecule has 0 atom stereocenters. The zero-order valence-corrected chi connectivity index (χ0v) is 17.4. The molecule has 1 aromatic heterocycles. The fourth-order valence-electron chi connectivity index (χ4n) is 2.83. The Labute approximate surface area is 182 Å². The number of hydrogen-bond acceptors (Lipinski definition) is 7. The molecule has 8 nitrogen and oxygen atoms in total. The van der Waals surface area contributed by atoms with E-state index in [1.807, 2.05) is 6.92 Å². The Morgan fingerprint density at radius 3 is 2.77 bits per heavy atom. The summed E-state index contributed by atoms with van der Waals surface area (Å²) in [7, 11) is 0. The van der Waals surface area contributed by atoms with Gasteiger partial charge in [0.25, 0.3) is 5.91 Å². The Balaban J connectivity index is 1.71. The van der Waals surface area contributed by atoms with Crippen molar-refractivity contribution in [1.82, 2.24) is 14.8 Å². The minimum Gasteiger partial charge on any atom is -0.460 e. The van der Waals surface area contributed by atoms with E-state index in [2.05, 4.69) is 10.1 Å². The number of halogens is 2. The van der Waals surface area contributed by atoms with Gasteiger partial charge in [-0.3, -0.25) is 4.79 Å². The summed E-state index contributed by atoms with van der Waals surface area (Å²) in [6, 6.07) is 9.88. The van der Waals surface area contributed by atoms with Crippen molar-refractivity contribution in [2.45, 2.75) is 6.92 Å². The minimum absolute atomic E-state index is 0.0424. The summed E-state index contributed by atoms with van der Waals surface area (Å²) in [6.45, 7) is 3.22. The Morgan fingerprint density at radius 1 is 1.13 bits per heavy atom. The Kier molecular flexibility index (Phi) is 6.08. The van der Waals surface area contributed by atoms with Crippen LogP contribution in [0.15, 0.2) is 36.4 Å². The highest BCUT2D eigenvalue weighted by molar-refractivity contribution is 6.36. The van der Waals surface area contributed by atoms with Crippen molar-refractivity contribution < 1.29 is 23.7 Å². The van der Waals surface area contributed by atoms with E-state index < -0.39 is 5.91 Å². The van der Waals surface area contributed by atoms with Gasteiger partial charge in [-0.05, 0) is 43.3 Å². The molecule has 0 fully saturated rings. The van der Waals surface area contributed by atoms with Gasteiger partial charge in [0.05, 0.1) is 17.2 Å². The predicted molar refractivity (Wildman–Crippen MR) is 110 cm³/mol. The van der Waals surface area contributed by atoms with Crippen molar-refractivity contribution in [2.75, 3.05) is 26.6 Å². The third kappa shape index (κ3) is 4.21. The lowest BCUT2D eigenvalue weighted by Gasteiger charge is -2.07. The van der Waals surface area contributed by atoms with Crippen molar-refractivity contribution in [3.63, 3.8) is 0 Å². The standard InChI is InChI=1S/C20H17Cl2N3O5/c1-2-27-7-8-28-20-23-18(12-3-6-16-17(9-12)30-11-29-16)25(24-20)19(26)14-5-4-13(21)10-15(14)22/h3-6,9-10H,2,7-8,11H2,1H3. The molecule has 0 saturated carbocycles. The first-order valence-corrected chi connectivity index (χ1v) is 9.89. The lowest BCUT2D eigenvalue weighted by atomic mass is 10.1. The number of benzene rings is 2. The molecule has 3 aromatic rings. The molecule has 0 saturated heterocycles. The number of nitrogens with zero attached hydrogens (tertiary/aromatic N) is 3. The van der Waals surface area contributed by atoms with Crippen LogP contribution in [-0.4, -0.2) is 47.3 Å². The van der Waals surface area contributed by atoms with Gasteiger partial charge in [-0.1, -0.05) is 23.2 Å². The minimum atomic E-state index is -0.475. The molecule has 2 aromatic carbocycles. The van der Waals surface area contributed by atoms with Crippen LogP contribution in [0.3, 0.4) is 0 Å². The number of ether oxygens (including phenoxy) is 4. The van der Waals surface area contributed by atoms with Gasteiger partial charge in [0.15, 0.2) is 17.3 Å². The smallest absolute Gasteiger partial charge is 0.336 e. The molecule has 0 aliphatic carbocycles. The molecule has 0 radical (unpaired) electrons. The number of fused-ring (bicyclic) bond motifs is 1. The van der Waals surface area contributed by atoms with Crippen molar-refractivity contribution >= 4 is 29.1 Å². The maximum Gasteiger partial charge on any atom is 0.336 e. The fourth-order valence-corrected chi connectivity index (χ4v) is 3.32. The number of aromatic nitrogens is 3. The molecule has 0 unspecified atom stereocenters. The molecule has 2 heterocycles. The number of hydrogen-bond donors (Lipinski definition) is 0. The monoisotopic (exact) mass is 449 g/mol. The van der Waals surface area contributed by atoms with Crippen LogP contribution in [0.4, 0.5) is 0 Å². The molecule has 0 amide bonds. The topological polar surface area (TPSA) is 84.7 Å². The van der Waals surface area contributed by atoms with Gasteiger partial charge < -0.3 is 18.9 Å². The van der Waals surface area contributed by atoms with Crippen LogP contribution in [0, 0.1) is 0 Å². The highest BCUT2D eigenvalue weighted by Crippen LogP contribution is 2.36. The normalized spacial score (nSPS) is 12.2. The van der Waals surface area contributed by atoms with Crippen LogP contribution in [0.25, 0.3) is 11.4 Å². The fraction of sp³-hybridized carbons (Fsp3) is 0.250. The molecule has 0 spiro atoms. The summed E-state index contributed by atoms with van der Waals surface area (Å²) in [6.07, 6.45) is 0. The van der Waals surface area contributed by atoms with E-state index in [0.29, 0.717) is 35.3 Å². The second kappa shape index (κ2) is 8.91. The summed E-state index contributed by atoms with van der Waals surface area (Å²) in [4.78, 5) is 17.6. The van der Waals surface area contributed by atoms with Crippen LogP contribution in [-0.2, 0) is 4.74 Å². The summed E-state index contributed by atoms with van der Waals surface area (Å²) in [5.74, 6) is 0.968. The van der Waals surface area contributed by atoms with Crippen LogP contribution >= 0.6 is 23.2 Å².